The van der Waals surface area contributed by atoms with Crippen LogP contribution in [0.1, 0.15) is 68.4 Å². The molecule has 172 valence electrons. The Bertz CT molecular complexity index is 1170. The molecule has 2 fully saturated rings. The van der Waals surface area contributed by atoms with E-state index in [2.05, 4.69) is 51.3 Å². The zero-order chi connectivity index (χ0) is 22.9. The van der Waals surface area contributed by atoms with Crippen LogP contribution >= 0.6 is 0 Å². The van der Waals surface area contributed by atoms with Gasteiger partial charge in [-0.05, 0) is 60.6 Å². The third-order valence-electron chi connectivity index (χ3n) is 6.39. The molecule has 8 heteroatoms. The Balaban J connectivity index is 1.44. The van der Waals surface area contributed by atoms with Crippen LogP contribution in [0.5, 0.6) is 0 Å². The highest BCUT2D eigenvalue weighted by atomic mass is 16.2. The van der Waals surface area contributed by atoms with Crippen LogP contribution in [-0.4, -0.2) is 45.0 Å². The Kier molecular flexibility index (Phi) is 5.83. The molecule has 1 amide bonds. The maximum atomic E-state index is 12.7. The zero-order valence-corrected chi connectivity index (χ0v) is 19.5. The number of carbonyl (C=O) groups is 1. The summed E-state index contributed by atoms with van der Waals surface area (Å²) in [6.07, 6.45) is 9.84. The first-order valence-corrected chi connectivity index (χ1v) is 11.9. The van der Waals surface area contributed by atoms with Crippen LogP contribution in [-0.2, 0) is 0 Å². The number of rotatable bonds is 6. The maximum Gasteiger partial charge on any atom is 0.270 e. The van der Waals surface area contributed by atoms with Crippen molar-refractivity contribution in [3.63, 3.8) is 0 Å². The van der Waals surface area contributed by atoms with Crippen LogP contribution < -0.4 is 15.5 Å². The smallest absolute Gasteiger partial charge is 0.270 e. The predicted octanol–water partition coefficient (Wildman–Crippen LogP) is 4.42. The Labute approximate surface area is 194 Å². The number of hydrogen-bond acceptors (Lipinski definition) is 7. The first-order valence-electron chi connectivity index (χ1n) is 11.9. The molecule has 1 saturated heterocycles. The van der Waals surface area contributed by atoms with Crippen molar-refractivity contribution in [2.24, 2.45) is 5.92 Å². The topological polar surface area (TPSA) is 95.9 Å². The van der Waals surface area contributed by atoms with Gasteiger partial charge in [0.15, 0.2) is 0 Å². The predicted molar refractivity (Wildman–Crippen MR) is 130 cm³/mol. The number of amides is 1. The van der Waals surface area contributed by atoms with E-state index >= 15 is 0 Å². The lowest BCUT2D eigenvalue weighted by molar-refractivity contribution is 0.0948. The normalized spacial score (nSPS) is 18.5. The highest BCUT2D eigenvalue weighted by Gasteiger charge is 2.26. The number of anilines is 3. The molecule has 1 atom stereocenters. The van der Waals surface area contributed by atoms with Crippen molar-refractivity contribution in [3.05, 3.63) is 42.0 Å². The average molecular weight is 446 g/mol. The van der Waals surface area contributed by atoms with Crippen molar-refractivity contribution in [3.8, 4) is 0 Å². The molecule has 1 aliphatic heterocycles. The van der Waals surface area contributed by atoms with E-state index in [0.29, 0.717) is 23.2 Å². The van der Waals surface area contributed by atoms with Gasteiger partial charge < -0.3 is 15.5 Å². The lowest BCUT2D eigenvalue weighted by Crippen LogP contribution is -2.35. The number of carbonyl (C=O) groups excluding carboxylic acids is 1. The lowest BCUT2D eigenvalue weighted by Gasteiger charge is -2.30. The van der Waals surface area contributed by atoms with Gasteiger partial charge in [0.2, 0.25) is 5.95 Å². The van der Waals surface area contributed by atoms with E-state index in [1.165, 1.54) is 6.42 Å². The van der Waals surface area contributed by atoms with Crippen LogP contribution in [0.3, 0.4) is 0 Å². The van der Waals surface area contributed by atoms with E-state index in [1.807, 2.05) is 18.3 Å². The third-order valence-corrected chi connectivity index (χ3v) is 6.39. The fraction of sp³-hybridized carbons (Fsp3) is 0.480. The van der Waals surface area contributed by atoms with Crippen molar-refractivity contribution in [2.75, 3.05) is 23.3 Å². The summed E-state index contributed by atoms with van der Waals surface area (Å²) in [5.74, 6) is 2.92. The molecule has 1 aliphatic carbocycles. The molecule has 2 N–H and O–H groups in total. The molecule has 8 nitrogen and oxygen atoms in total. The highest BCUT2D eigenvalue weighted by Crippen LogP contribution is 2.30. The Morgan fingerprint density at radius 2 is 1.94 bits per heavy atom. The van der Waals surface area contributed by atoms with E-state index in [1.54, 1.807) is 12.4 Å². The molecule has 5 rings (SSSR count). The number of nitrogens with one attached hydrogen (secondary N) is 2. The summed E-state index contributed by atoms with van der Waals surface area (Å²) in [5, 5.41) is 8.13. The zero-order valence-electron chi connectivity index (χ0n) is 19.5. The minimum atomic E-state index is -0.128. The van der Waals surface area contributed by atoms with Crippen molar-refractivity contribution in [2.45, 2.75) is 58.4 Å². The third kappa shape index (κ3) is 4.74. The summed E-state index contributed by atoms with van der Waals surface area (Å²) < 4.78 is 0. The van der Waals surface area contributed by atoms with Crippen molar-refractivity contribution in [1.29, 1.82) is 0 Å². The van der Waals surface area contributed by atoms with Gasteiger partial charge in [-0.2, -0.15) is 4.98 Å². The second-order valence-electron chi connectivity index (χ2n) is 9.64. The Morgan fingerprint density at radius 3 is 2.70 bits per heavy atom. The molecular formula is C25H31N7O. The molecule has 1 saturated carbocycles. The minimum Gasteiger partial charge on any atom is -0.348 e. The van der Waals surface area contributed by atoms with Gasteiger partial charge in [0, 0.05) is 43.1 Å². The second kappa shape index (κ2) is 8.92. The van der Waals surface area contributed by atoms with Gasteiger partial charge in [-0.1, -0.05) is 20.8 Å². The molecule has 3 aromatic rings. The molecule has 0 spiro atoms. The maximum absolute atomic E-state index is 12.7. The summed E-state index contributed by atoms with van der Waals surface area (Å²) in [7, 11) is 0. The van der Waals surface area contributed by atoms with Gasteiger partial charge in [-0.25, -0.2) is 9.97 Å². The summed E-state index contributed by atoms with van der Waals surface area (Å²) in [4.78, 5) is 33.3. The Hall–Kier alpha value is -3.29. The van der Waals surface area contributed by atoms with Crippen LogP contribution in [0.2, 0.25) is 0 Å². The molecule has 0 aromatic carbocycles. The quantitative estimate of drug-likeness (QED) is 0.580. The fourth-order valence-electron chi connectivity index (χ4n) is 4.42. The van der Waals surface area contributed by atoms with E-state index in [-0.39, 0.29) is 17.9 Å². The Morgan fingerprint density at radius 1 is 1.09 bits per heavy atom. The monoisotopic (exact) mass is 445 g/mol. The van der Waals surface area contributed by atoms with Gasteiger partial charge in [-0.3, -0.25) is 9.78 Å². The van der Waals surface area contributed by atoms with Crippen LogP contribution in [0.15, 0.2) is 30.7 Å². The molecule has 1 unspecified atom stereocenters. The number of aromatic nitrogens is 4. The molecule has 0 bridgehead atoms. The molecular weight excluding hydrogens is 414 g/mol. The minimum absolute atomic E-state index is 0.128. The van der Waals surface area contributed by atoms with Gasteiger partial charge in [0.1, 0.15) is 17.3 Å². The summed E-state index contributed by atoms with van der Waals surface area (Å²) in [5.41, 5.74) is 1.52. The second-order valence-corrected chi connectivity index (χ2v) is 9.64. The SMILES string of the molecule is CC1CCCN(c2nccc(Nc3cc4c(C(C)C)cnc(C(=O)NC5CC5)c4cn3)n2)C1. The van der Waals surface area contributed by atoms with Crippen LogP contribution in [0, 0.1) is 5.92 Å². The van der Waals surface area contributed by atoms with Crippen LogP contribution in [0.4, 0.5) is 17.6 Å². The van der Waals surface area contributed by atoms with Gasteiger partial charge in [0.25, 0.3) is 5.91 Å². The van der Waals surface area contributed by atoms with Gasteiger partial charge >= 0.3 is 0 Å². The average Bonchev–Trinajstić information content (AvgIpc) is 3.62. The number of fused-ring (bicyclic) bond motifs is 1. The number of piperidine rings is 1. The molecule has 0 radical (unpaired) electrons. The van der Waals surface area contributed by atoms with Crippen molar-refractivity contribution < 1.29 is 4.79 Å². The van der Waals surface area contributed by atoms with E-state index < -0.39 is 0 Å². The van der Waals surface area contributed by atoms with Crippen LogP contribution in [0.25, 0.3) is 10.8 Å². The number of nitrogens with zero attached hydrogens (tertiary/aromatic N) is 5. The van der Waals surface area contributed by atoms with E-state index in [4.69, 9.17) is 4.98 Å². The first-order chi connectivity index (χ1) is 16.0. The first kappa shape index (κ1) is 21.6. The summed E-state index contributed by atoms with van der Waals surface area (Å²) >= 11 is 0. The largest absolute Gasteiger partial charge is 0.348 e. The molecule has 4 heterocycles. The molecule has 33 heavy (non-hydrogen) atoms. The number of hydrogen-bond donors (Lipinski definition) is 2. The van der Waals surface area contributed by atoms with Gasteiger partial charge in [0.05, 0.1) is 0 Å². The highest BCUT2D eigenvalue weighted by molar-refractivity contribution is 6.06. The van der Waals surface area contributed by atoms with E-state index in [9.17, 15) is 4.79 Å². The standard InChI is InChI=1S/C25H31N7O/c1-15(2)19-12-28-23(24(33)29-17-6-7-17)20-13-27-22(11-18(19)20)30-21-8-9-26-25(31-21)32-10-4-5-16(3)14-32/h8-9,11-13,15-17H,4-7,10,14H2,1-3H3,(H,29,33)(H,26,27,30,31). The fourth-order valence-corrected chi connectivity index (χ4v) is 4.42. The molecule has 3 aromatic heterocycles. The van der Waals surface area contributed by atoms with Crippen molar-refractivity contribution in [1.82, 2.24) is 25.3 Å². The molecule has 2 aliphatic rings. The van der Waals surface area contributed by atoms with E-state index in [0.717, 1.165) is 54.6 Å². The summed E-state index contributed by atoms with van der Waals surface area (Å²) in [6, 6.07) is 4.13. The number of pyridine rings is 2. The van der Waals surface area contributed by atoms with Gasteiger partial charge in [-0.15, -0.1) is 0 Å². The lowest BCUT2D eigenvalue weighted by atomic mass is 9.98. The van der Waals surface area contributed by atoms with Crippen molar-refractivity contribution >= 4 is 34.3 Å². The summed E-state index contributed by atoms with van der Waals surface area (Å²) in [6.45, 7) is 8.49.